The Kier molecular flexibility index (Phi) is 35.1. The van der Waals surface area contributed by atoms with E-state index in [0.717, 1.165) is 60.1 Å². The fraction of sp³-hybridized carbons (Fsp3) is 0.667. The van der Waals surface area contributed by atoms with Crippen LogP contribution in [0.15, 0.2) is 70.5 Å². The molecule has 69 heavy (non-hydrogen) atoms. The Bertz CT molecular complexity index is 2030. The van der Waals surface area contributed by atoms with Crippen molar-refractivity contribution in [2.75, 3.05) is 0 Å². The van der Waals surface area contributed by atoms with Crippen molar-refractivity contribution >= 4 is 79.5 Å². The minimum absolute atomic E-state index is 0. The van der Waals surface area contributed by atoms with Crippen molar-refractivity contribution in [3.63, 3.8) is 0 Å². The summed E-state index contributed by atoms with van der Waals surface area (Å²) in [5, 5.41) is 3.97. The maximum Gasteiger partial charge on any atom is 2.00 e. The van der Waals surface area contributed by atoms with E-state index in [9.17, 15) is 25.9 Å². The van der Waals surface area contributed by atoms with Crippen LogP contribution in [0.1, 0.15) is 255 Å². The molecular weight excluding hydrogens is 921 g/mol. The van der Waals surface area contributed by atoms with Gasteiger partial charge in [-0.05, 0) is 119 Å². The van der Waals surface area contributed by atoms with E-state index in [1.54, 1.807) is 24.3 Å². The van der Waals surface area contributed by atoms with E-state index in [0.29, 0.717) is 0 Å². The Balaban J connectivity index is 0.000000467. The third kappa shape index (κ3) is 26.3. The summed E-state index contributed by atoms with van der Waals surface area (Å²) in [6.07, 6.45) is 45.1. The number of aryl methyl sites for hydroxylation is 4. The zero-order valence-corrected chi connectivity index (χ0v) is 48.0. The van der Waals surface area contributed by atoms with Crippen molar-refractivity contribution in [1.29, 1.82) is 0 Å². The van der Waals surface area contributed by atoms with Crippen LogP contribution in [0.3, 0.4) is 0 Å². The third-order valence-corrected chi connectivity index (χ3v) is 15.8. The van der Waals surface area contributed by atoms with Gasteiger partial charge in [0.15, 0.2) is 0 Å². The smallest absolute Gasteiger partial charge is 0.744 e. The average Bonchev–Trinajstić information content (AvgIpc) is 3.32. The predicted molar refractivity (Wildman–Crippen MR) is 295 cm³/mol. The second kappa shape index (κ2) is 38.1. The van der Waals surface area contributed by atoms with Crippen LogP contribution in [-0.2, 0) is 45.9 Å². The van der Waals surface area contributed by atoms with Crippen molar-refractivity contribution in [2.45, 2.75) is 269 Å². The Morgan fingerprint density at radius 1 is 0.319 bits per heavy atom. The monoisotopic (exact) mass is 1010 g/mol. The van der Waals surface area contributed by atoms with E-state index < -0.39 is 20.2 Å². The summed E-state index contributed by atoms with van der Waals surface area (Å²) < 4.78 is 70.0. The molecule has 0 fully saturated rings. The summed E-state index contributed by atoms with van der Waals surface area (Å²) in [7, 11) is -8.90. The first-order valence-electron chi connectivity index (χ1n) is 27.9. The fourth-order valence-electron chi connectivity index (χ4n) is 9.95. The van der Waals surface area contributed by atoms with Gasteiger partial charge in [-0.2, -0.15) is 0 Å². The molecule has 0 N–H and O–H groups in total. The SMILES string of the molecule is CCCCCCCCCCc1ccc2ccc(S(=O)(=O)[O-])cc2c1CCCCCCCCCC.CCCCCCCCCCc1ccc2ccc(S(=O)(=O)[O-])cc2c1CCCCCCCCCC.[Ca+2]. The van der Waals surface area contributed by atoms with Gasteiger partial charge in [0.1, 0.15) is 20.2 Å². The summed E-state index contributed by atoms with van der Waals surface area (Å²) >= 11 is 0. The normalized spacial score (nSPS) is 11.8. The molecule has 0 unspecified atom stereocenters. The van der Waals surface area contributed by atoms with Gasteiger partial charge in [0.2, 0.25) is 0 Å². The number of hydrogen-bond acceptors (Lipinski definition) is 6. The maximum absolute atomic E-state index is 11.7. The summed E-state index contributed by atoms with van der Waals surface area (Å²) in [6.45, 7) is 9.01. The molecule has 0 atom stereocenters. The molecule has 0 saturated heterocycles. The van der Waals surface area contributed by atoms with Gasteiger partial charge in [0.25, 0.3) is 0 Å². The molecule has 0 amide bonds. The molecule has 0 saturated carbocycles. The maximum atomic E-state index is 11.7. The Labute approximate surface area is 453 Å². The van der Waals surface area contributed by atoms with Crippen molar-refractivity contribution in [2.24, 2.45) is 0 Å². The topological polar surface area (TPSA) is 114 Å². The van der Waals surface area contributed by atoms with Crippen LogP contribution in [0.2, 0.25) is 0 Å². The van der Waals surface area contributed by atoms with Crippen molar-refractivity contribution in [1.82, 2.24) is 0 Å². The van der Waals surface area contributed by atoms with Crippen LogP contribution in [0.25, 0.3) is 21.5 Å². The van der Waals surface area contributed by atoms with Gasteiger partial charge in [0, 0.05) is 0 Å². The quantitative estimate of drug-likeness (QED) is 0.0251. The zero-order valence-electron chi connectivity index (χ0n) is 44.2. The summed E-state index contributed by atoms with van der Waals surface area (Å²) in [5.41, 5.74) is 5.19. The van der Waals surface area contributed by atoms with E-state index in [4.69, 9.17) is 0 Å². The number of fused-ring (bicyclic) bond motifs is 2. The van der Waals surface area contributed by atoms with Crippen molar-refractivity contribution in [3.8, 4) is 0 Å². The molecule has 0 aliphatic rings. The number of rotatable bonds is 38. The zero-order chi connectivity index (χ0) is 49.3. The van der Waals surface area contributed by atoms with Gasteiger partial charge in [-0.1, -0.05) is 244 Å². The molecule has 384 valence electrons. The molecular formula is C60H94CaO6S2. The molecule has 0 bridgehead atoms. The molecule has 4 aromatic carbocycles. The average molecular weight is 1020 g/mol. The summed E-state index contributed by atoms with van der Waals surface area (Å²) in [5.74, 6) is 0. The molecule has 0 heterocycles. The van der Waals surface area contributed by atoms with E-state index >= 15 is 0 Å². The minimum atomic E-state index is -4.45. The fourth-order valence-corrected chi connectivity index (χ4v) is 10.9. The molecule has 0 aliphatic heterocycles. The first kappa shape index (κ1) is 63.6. The molecule has 6 nitrogen and oxygen atoms in total. The van der Waals surface area contributed by atoms with Crippen molar-refractivity contribution in [3.05, 3.63) is 82.9 Å². The Morgan fingerprint density at radius 2 is 0.551 bits per heavy atom. The minimum Gasteiger partial charge on any atom is -0.744 e. The van der Waals surface area contributed by atoms with E-state index in [-0.39, 0.29) is 47.5 Å². The second-order valence-corrected chi connectivity index (χ2v) is 22.7. The van der Waals surface area contributed by atoms with Gasteiger partial charge >= 0.3 is 37.7 Å². The van der Waals surface area contributed by atoms with Gasteiger partial charge < -0.3 is 9.11 Å². The molecule has 0 radical (unpaired) electrons. The molecule has 4 rings (SSSR count). The third-order valence-electron chi connectivity index (χ3n) is 14.1. The van der Waals surface area contributed by atoms with Crippen LogP contribution < -0.4 is 0 Å². The second-order valence-electron chi connectivity index (χ2n) is 20.0. The van der Waals surface area contributed by atoms with E-state index in [2.05, 4.69) is 52.0 Å². The predicted octanol–water partition coefficient (Wildman–Crippen LogP) is 17.8. The molecule has 9 heteroatoms. The van der Waals surface area contributed by atoms with Crippen LogP contribution in [0, 0.1) is 0 Å². The van der Waals surface area contributed by atoms with E-state index in [1.807, 2.05) is 0 Å². The number of hydrogen-bond donors (Lipinski definition) is 0. The van der Waals surface area contributed by atoms with Crippen LogP contribution in [0.5, 0.6) is 0 Å². The largest absolute Gasteiger partial charge is 2.00 e. The molecule has 0 spiro atoms. The molecule has 4 aromatic rings. The number of unbranched alkanes of at least 4 members (excludes halogenated alkanes) is 28. The van der Waals surface area contributed by atoms with Gasteiger partial charge in [0.05, 0.1) is 9.79 Å². The van der Waals surface area contributed by atoms with Crippen LogP contribution in [-0.4, -0.2) is 63.7 Å². The standard InChI is InChI=1S/2C30H48O3S.Ca/c2*1-3-5-7-9-11-13-15-17-19-26-21-22-27-23-24-28(34(31,32)33)25-30(27)29(26)20-18-16-14-12-10-8-6-4-2;/h2*21-25H,3-20H2,1-2H3,(H,31,32,33);/q;;+2/p-2. The Hall–Kier alpha value is -1.52. The summed E-state index contributed by atoms with van der Waals surface area (Å²) in [4.78, 5) is -0.220. The summed E-state index contributed by atoms with van der Waals surface area (Å²) in [6, 6.07) is 18.4. The number of benzene rings is 4. The van der Waals surface area contributed by atoms with Gasteiger partial charge in [-0.15, -0.1) is 0 Å². The van der Waals surface area contributed by atoms with Crippen molar-refractivity contribution < 1.29 is 25.9 Å². The van der Waals surface area contributed by atoms with Gasteiger partial charge in [-0.25, -0.2) is 16.8 Å². The van der Waals surface area contributed by atoms with E-state index in [1.165, 1.54) is 227 Å². The van der Waals surface area contributed by atoms with Crippen LogP contribution >= 0.6 is 0 Å². The first-order chi connectivity index (χ1) is 32.9. The molecule has 0 aliphatic carbocycles. The van der Waals surface area contributed by atoms with Gasteiger partial charge in [-0.3, -0.25) is 0 Å². The Morgan fingerprint density at radius 3 is 0.812 bits per heavy atom. The molecule has 0 aromatic heterocycles. The first-order valence-corrected chi connectivity index (χ1v) is 30.8. The van der Waals surface area contributed by atoms with Crippen LogP contribution in [0.4, 0.5) is 0 Å².